The second-order valence-electron chi connectivity index (χ2n) is 6.76. The standard InChI is InChI=1S/C25H21NO5/c1-29-20-11-7-8-18(16-20)26-17-23(21-12-5-6-13-22(21)24(26)27)25(28)31-15-14-30-19-9-3-2-4-10-19/h2-13,16-17H,14-15H2,1H3. The van der Waals surface area contributed by atoms with Gasteiger partial charge in [0.05, 0.1) is 18.4 Å². The fraction of sp³-hybridized carbons (Fsp3) is 0.120. The highest BCUT2D eigenvalue weighted by Crippen LogP contribution is 2.21. The molecule has 0 bridgehead atoms. The highest BCUT2D eigenvalue weighted by atomic mass is 16.6. The van der Waals surface area contributed by atoms with E-state index in [-0.39, 0.29) is 18.8 Å². The predicted molar refractivity (Wildman–Crippen MR) is 118 cm³/mol. The van der Waals surface area contributed by atoms with Gasteiger partial charge in [0.15, 0.2) is 0 Å². The molecule has 0 amide bonds. The molecule has 3 aromatic carbocycles. The Morgan fingerprint density at radius 1 is 0.839 bits per heavy atom. The Morgan fingerprint density at radius 3 is 2.32 bits per heavy atom. The summed E-state index contributed by atoms with van der Waals surface area (Å²) in [4.78, 5) is 25.9. The van der Waals surface area contributed by atoms with Gasteiger partial charge in [0.25, 0.3) is 5.56 Å². The van der Waals surface area contributed by atoms with E-state index in [0.717, 1.165) is 0 Å². The molecule has 156 valence electrons. The summed E-state index contributed by atoms with van der Waals surface area (Å²) in [5.41, 5.74) is 0.669. The zero-order chi connectivity index (χ0) is 21.6. The number of aromatic nitrogens is 1. The maximum Gasteiger partial charge on any atom is 0.340 e. The smallest absolute Gasteiger partial charge is 0.340 e. The van der Waals surface area contributed by atoms with Gasteiger partial charge in [-0.3, -0.25) is 9.36 Å². The van der Waals surface area contributed by atoms with Crippen molar-refractivity contribution in [2.75, 3.05) is 20.3 Å². The second kappa shape index (κ2) is 9.17. The summed E-state index contributed by atoms with van der Waals surface area (Å²) in [5.74, 6) is 0.792. The van der Waals surface area contributed by atoms with Crippen LogP contribution in [0.5, 0.6) is 11.5 Å². The molecule has 0 spiro atoms. The number of hydrogen-bond donors (Lipinski definition) is 0. The Kier molecular flexibility index (Phi) is 5.98. The predicted octanol–water partition coefficient (Wildman–Crippen LogP) is 4.24. The van der Waals surface area contributed by atoms with Crippen molar-refractivity contribution in [2.45, 2.75) is 0 Å². The molecule has 1 aromatic heterocycles. The number of para-hydroxylation sites is 1. The molecular formula is C25H21NO5. The number of nitrogens with zero attached hydrogens (tertiary/aromatic N) is 1. The molecule has 0 N–H and O–H groups in total. The van der Waals surface area contributed by atoms with Gasteiger partial charge in [-0.05, 0) is 30.3 Å². The van der Waals surface area contributed by atoms with Crippen molar-refractivity contribution in [3.05, 3.63) is 101 Å². The Hall–Kier alpha value is -4.06. The fourth-order valence-corrected chi connectivity index (χ4v) is 3.29. The van der Waals surface area contributed by atoms with Gasteiger partial charge in [-0.15, -0.1) is 0 Å². The topological polar surface area (TPSA) is 66.8 Å². The van der Waals surface area contributed by atoms with E-state index in [1.54, 1.807) is 55.6 Å². The number of ether oxygens (including phenoxy) is 3. The van der Waals surface area contributed by atoms with Crippen molar-refractivity contribution in [1.29, 1.82) is 0 Å². The van der Waals surface area contributed by atoms with Crippen molar-refractivity contribution in [3.63, 3.8) is 0 Å². The number of carbonyl (C=O) groups excluding carboxylic acids is 1. The van der Waals surface area contributed by atoms with E-state index in [1.165, 1.54) is 10.8 Å². The maximum atomic E-state index is 13.1. The molecule has 4 aromatic rings. The van der Waals surface area contributed by atoms with Crippen molar-refractivity contribution in [2.24, 2.45) is 0 Å². The number of rotatable bonds is 7. The lowest BCUT2D eigenvalue weighted by Gasteiger charge is -2.13. The van der Waals surface area contributed by atoms with Crippen LogP contribution in [0.1, 0.15) is 10.4 Å². The van der Waals surface area contributed by atoms with Crippen LogP contribution in [0.3, 0.4) is 0 Å². The van der Waals surface area contributed by atoms with E-state index < -0.39 is 5.97 Å². The van der Waals surface area contributed by atoms with Gasteiger partial charge in [-0.2, -0.15) is 0 Å². The van der Waals surface area contributed by atoms with Gasteiger partial charge in [0, 0.05) is 23.0 Å². The third kappa shape index (κ3) is 4.43. The number of methoxy groups -OCH3 is 1. The molecule has 31 heavy (non-hydrogen) atoms. The van der Waals surface area contributed by atoms with Gasteiger partial charge in [0.1, 0.15) is 24.7 Å². The molecule has 6 heteroatoms. The zero-order valence-corrected chi connectivity index (χ0v) is 17.0. The van der Waals surface area contributed by atoms with E-state index in [4.69, 9.17) is 14.2 Å². The SMILES string of the molecule is COc1cccc(-n2cc(C(=O)OCCOc3ccccc3)c3ccccc3c2=O)c1. The summed E-state index contributed by atoms with van der Waals surface area (Å²) < 4.78 is 17.7. The van der Waals surface area contributed by atoms with E-state index in [9.17, 15) is 9.59 Å². The minimum absolute atomic E-state index is 0.0837. The summed E-state index contributed by atoms with van der Waals surface area (Å²) in [7, 11) is 1.56. The van der Waals surface area contributed by atoms with Gasteiger partial charge < -0.3 is 14.2 Å². The molecule has 0 atom stereocenters. The Balaban J connectivity index is 1.62. The van der Waals surface area contributed by atoms with Crippen LogP contribution in [0.2, 0.25) is 0 Å². The Morgan fingerprint density at radius 2 is 1.55 bits per heavy atom. The highest BCUT2D eigenvalue weighted by molar-refractivity contribution is 6.04. The molecular weight excluding hydrogens is 394 g/mol. The number of benzene rings is 3. The molecule has 0 aliphatic heterocycles. The first-order valence-corrected chi connectivity index (χ1v) is 9.81. The monoisotopic (exact) mass is 415 g/mol. The maximum absolute atomic E-state index is 13.1. The quantitative estimate of drug-likeness (QED) is 0.334. The first kappa shape index (κ1) is 20.2. The van der Waals surface area contributed by atoms with Crippen LogP contribution in [0.15, 0.2) is 89.9 Å². The minimum Gasteiger partial charge on any atom is -0.497 e. The van der Waals surface area contributed by atoms with Crippen LogP contribution in [0, 0.1) is 0 Å². The van der Waals surface area contributed by atoms with Crippen molar-refractivity contribution in [1.82, 2.24) is 4.57 Å². The van der Waals surface area contributed by atoms with Crippen LogP contribution in [0.4, 0.5) is 0 Å². The molecule has 0 aliphatic carbocycles. The third-order valence-corrected chi connectivity index (χ3v) is 4.80. The summed E-state index contributed by atoms with van der Waals surface area (Å²) >= 11 is 0. The lowest BCUT2D eigenvalue weighted by atomic mass is 10.1. The summed E-state index contributed by atoms with van der Waals surface area (Å²) in [5, 5.41) is 0.973. The average molecular weight is 415 g/mol. The van der Waals surface area contributed by atoms with Gasteiger partial charge in [-0.25, -0.2) is 4.79 Å². The van der Waals surface area contributed by atoms with Crippen molar-refractivity contribution >= 4 is 16.7 Å². The summed E-state index contributed by atoms with van der Waals surface area (Å²) in [6, 6.07) is 23.4. The van der Waals surface area contributed by atoms with Gasteiger partial charge in [0.2, 0.25) is 0 Å². The number of pyridine rings is 1. The lowest BCUT2D eigenvalue weighted by Crippen LogP contribution is -2.22. The van der Waals surface area contributed by atoms with Crippen molar-refractivity contribution < 1.29 is 19.0 Å². The fourth-order valence-electron chi connectivity index (χ4n) is 3.29. The third-order valence-electron chi connectivity index (χ3n) is 4.80. The van der Waals surface area contributed by atoms with Crippen LogP contribution >= 0.6 is 0 Å². The normalized spacial score (nSPS) is 10.6. The Labute approximate surface area is 179 Å². The summed E-state index contributed by atoms with van der Waals surface area (Å²) in [6.07, 6.45) is 1.51. The minimum atomic E-state index is -0.524. The number of hydrogen-bond acceptors (Lipinski definition) is 5. The van der Waals surface area contributed by atoms with E-state index in [0.29, 0.717) is 33.5 Å². The van der Waals surface area contributed by atoms with E-state index in [2.05, 4.69) is 0 Å². The molecule has 0 fully saturated rings. The number of carbonyl (C=O) groups is 1. The average Bonchev–Trinajstić information content (AvgIpc) is 2.83. The molecule has 4 rings (SSSR count). The second-order valence-corrected chi connectivity index (χ2v) is 6.76. The van der Waals surface area contributed by atoms with Crippen LogP contribution in [-0.2, 0) is 4.74 Å². The molecule has 1 heterocycles. The lowest BCUT2D eigenvalue weighted by molar-refractivity contribution is 0.0452. The largest absolute Gasteiger partial charge is 0.497 e. The van der Waals surface area contributed by atoms with E-state index >= 15 is 0 Å². The van der Waals surface area contributed by atoms with Crippen LogP contribution in [-0.4, -0.2) is 30.9 Å². The number of esters is 1. The van der Waals surface area contributed by atoms with E-state index in [1.807, 2.05) is 30.3 Å². The molecule has 0 aliphatic rings. The molecule has 6 nitrogen and oxygen atoms in total. The molecule has 0 unspecified atom stereocenters. The van der Waals surface area contributed by atoms with Gasteiger partial charge in [-0.1, -0.05) is 42.5 Å². The van der Waals surface area contributed by atoms with Gasteiger partial charge >= 0.3 is 5.97 Å². The molecule has 0 saturated heterocycles. The zero-order valence-electron chi connectivity index (χ0n) is 17.0. The van der Waals surface area contributed by atoms with Crippen molar-refractivity contribution in [3.8, 4) is 17.2 Å². The Bertz CT molecular complexity index is 1260. The molecule has 0 saturated carbocycles. The van der Waals surface area contributed by atoms with Crippen LogP contribution in [0.25, 0.3) is 16.5 Å². The van der Waals surface area contributed by atoms with Crippen LogP contribution < -0.4 is 15.0 Å². The number of fused-ring (bicyclic) bond motifs is 1. The highest BCUT2D eigenvalue weighted by Gasteiger charge is 2.17. The summed E-state index contributed by atoms with van der Waals surface area (Å²) in [6.45, 7) is 0.309. The first-order valence-electron chi connectivity index (χ1n) is 9.81. The first-order chi connectivity index (χ1) is 15.2. The molecule has 0 radical (unpaired) electrons.